The highest BCUT2D eigenvalue weighted by Gasteiger charge is 2.30. The molecule has 0 amide bonds. The largest absolute Gasteiger partial charge is 0.477 e. The summed E-state index contributed by atoms with van der Waals surface area (Å²) in [6.45, 7) is 3.16. The molecule has 0 atom stereocenters. The summed E-state index contributed by atoms with van der Waals surface area (Å²) in [7, 11) is -2.34. The van der Waals surface area contributed by atoms with Gasteiger partial charge in [0, 0.05) is 23.7 Å². The van der Waals surface area contributed by atoms with Crippen molar-refractivity contribution in [2.75, 3.05) is 7.05 Å². The highest BCUT2D eigenvalue weighted by atomic mass is 32.2. The molecular weight excluding hydrogens is 314 g/mol. The van der Waals surface area contributed by atoms with Crippen molar-refractivity contribution in [3.05, 3.63) is 33.5 Å². The highest BCUT2D eigenvalue weighted by molar-refractivity contribution is 7.89. The fraction of sp³-hybridized carbons (Fsp3) is 0.333. The molecule has 2 N–H and O–H groups in total. The molecule has 2 rings (SSSR count). The number of thiazole rings is 1. The smallest absolute Gasteiger partial charge is 0.352 e. The van der Waals surface area contributed by atoms with Gasteiger partial charge in [-0.15, -0.1) is 11.3 Å². The molecule has 2 aromatic rings. The van der Waals surface area contributed by atoms with E-state index in [0.717, 1.165) is 4.31 Å². The van der Waals surface area contributed by atoms with E-state index in [1.165, 1.54) is 25.3 Å². The van der Waals surface area contributed by atoms with Gasteiger partial charge in [0.15, 0.2) is 0 Å². The van der Waals surface area contributed by atoms with Crippen LogP contribution in [0.5, 0.6) is 0 Å². The number of hydrogen-bond donors (Lipinski definition) is 2. The second-order valence-electron chi connectivity index (χ2n) is 4.63. The third kappa shape index (κ3) is 2.85. The maximum atomic E-state index is 12.6. The van der Waals surface area contributed by atoms with Crippen LogP contribution in [0, 0.1) is 13.8 Å². The van der Waals surface area contributed by atoms with Crippen LogP contribution in [-0.2, 0) is 16.6 Å². The van der Waals surface area contributed by atoms with Gasteiger partial charge in [0.25, 0.3) is 0 Å². The van der Waals surface area contributed by atoms with Gasteiger partial charge >= 0.3 is 5.97 Å². The Balaban J connectivity index is 2.42. The summed E-state index contributed by atoms with van der Waals surface area (Å²) in [6.07, 6.45) is 0. The zero-order valence-electron chi connectivity index (χ0n) is 11.7. The number of carboxylic acid groups (broad SMARTS) is 1. The average Bonchev–Trinajstić information content (AvgIpc) is 2.97. The average molecular weight is 329 g/mol. The quantitative estimate of drug-likeness (QED) is 0.867. The van der Waals surface area contributed by atoms with Crippen molar-refractivity contribution in [2.45, 2.75) is 25.3 Å². The third-order valence-electron chi connectivity index (χ3n) is 3.12. The second kappa shape index (κ2) is 5.58. The van der Waals surface area contributed by atoms with E-state index in [1.54, 1.807) is 17.8 Å². The lowest BCUT2D eigenvalue weighted by Gasteiger charge is -2.16. The summed E-state index contributed by atoms with van der Waals surface area (Å²) in [6, 6.07) is 0. The maximum Gasteiger partial charge on any atom is 0.352 e. The third-order valence-corrected chi connectivity index (χ3v) is 5.83. The van der Waals surface area contributed by atoms with Crippen molar-refractivity contribution in [1.82, 2.24) is 14.3 Å². The normalized spacial score (nSPS) is 12.0. The van der Waals surface area contributed by atoms with Crippen molar-refractivity contribution < 1.29 is 18.3 Å². The summed E-state index contributed by atoms with van der Waals surface area (Å²) in [5, 5.41) is 10.8. The SMILES string of the molecule is Cc1[nH]c(C(=O)O)c(C)c1S(=O)(=O)N(C)Cc1cscn1. The highest BCUT2D eigenvalue weighted by Crippen LogP contribution is 2.26. The van der Waals surface area contributed by atoms with Crippen molar-refractivity contribution >= 4 is 27.3 Å². The first kappa shape index (κ1) is 15.7. The van der Waals surface area contributed by atoms with Gasteiger partial charge in [-0.1, -0.05) is 0 Å². The molecule has 21 heavy (non-hydrogen) atoms. The molecule has 0 radical (unpaired) electrons. The molecule has 2 heterocycles. The van der Waals surface area contributed by atoms with Gasteiger partial charge in [-0.25, -0.2) is 18.2 Å². The summed E-state index contributed by atoms with van der Waals surface area (Å²) < 4.78 is 26.4. The number of carbonyl (C=O) groups is 1. The Morgan fingerprint density at radius 3 is 2.62 bits per heavy atom. The predicted octanol–water partition coefficient (Wildman–Crippen LogP) is 1.61. The molecule has 0 fully saturated rings. The van der Waals surface area contributed by atoms with E-state index < -0.39 is 16.0 Å². The first-order valence-corrected chi connectivity index (χ1v) is 8.39. The first-order valence-electron chi connectivity index (χ1n) is 6.01. The van der Waals surface area contributed by atoms with Crippen LogP contribution in [0.2, 0.25) is 0 Å². The Kier molecular flexibility index (Phi) is 4.17. The van der Waals surface area contributed by atoms with E-state index in [-0.39, 0.29) is 22.7 Å². The standard InChI is InChI=1S/C12H15N3O4S2/c1-7-10(12(16)17)14-8(2)11(7)21(18,19)15(3)4-9-5-20-6-13-9/h5-6,14H,4H2,1-3H3,(H,16,17). The molecule has 0 saturated carbocycles. The van der Waals surface area contributed by atoms with Crippen molar-refractivity contribution in [1.29, 1.82) is 0 Å². The number of carboxylic acids is 1. The minimum Gasteiger partial charge on any atom is -0.477 e. The number of H-pyrrole nitrogens is 1. The van der Waals surface area contributed by atoms with Crippen LogP contribution in [0.3, 0.4) is 0 Å². The number of aromatic nitrogens is 2. The van der Waals surface area contributed by atoms with Gasteiger partial charge in [-0.05, 0) is 13.8 Å². The van der Waals surface area contributed by atoms with Gasteiger partial charge in [-0.2, -0.15) is 4.31 Å². The van der Waals surface area contributed by atoms with Gasteiger partial charge in [0.2, 0.25) is 10.0 Å². The van der Waals surface area contributed by atoms with Crippen LogP contribution < -0.4 is 0 Å². The number of rotatable bonds is 5. The summed E-state index contributed by atoms with van der Waals surface area (Å²) in [5.74, 6) is -1.18. The van der Waals surface area contributed by atoms with E-state index in [4.69, 9.17) is 5.11 Å². The molecule has 0 saturated heterocycles. The van der Waals surface area contributed by atoms with Crippen LogP contribution in [0.4, 0.5) is 0 Å². The Morgan fingerprint density at radius 2 is 2.14 bits per heavy atom. The molecule has 7 nitrogen and oxygen atoms in total. The Labute approximate surface area is 126 Å². The van der Waals surface area contributed by atoms with E-state index >= 15 is 0 Å². The van der Waals surface area contributed by atoms with Crippen LogP contribution in [0.25, 0.3) is 0 Å². The minimum atomic E-state index is -3.79. The van der Waals surface area contributed by atoms with Crippen LogP contribution in [0.1, 0.15) is 27.4 Å². The molecule has 0 spiro atoms. The zero-order chi connectivity index (χ0) is 15.8. The number of hydrogen-bond acceptors (Lipinski definition) is 5. The molecule has 0 aromatic carbocycles. The Hall–Kier alpha value is -1.71. The lowest BCUT2D eigenvalue weighted by atomic mass is 10.2. The number of nitrogens with one attached hydrogen (secondary N) is 1. The lowest BCUT2D eigenvalue weighted by Crippen LogP contribution is -2.27. The molecule has 9 heteroatoms. The van der Waals surface area contributed by atoms with Crippen molar-refractivity contribution in [3.8, 4) is 0 Å². The number of aryl methyl sites for hydroxylation is 1. The summed E-state index contributed by atoms with van der Waals surface area (Å²) in [4.78, 5) is 17.8. The van der Waals surface area contributed by atoms with E-state index in [2.05, 4.69) is 9.97 Å². The molecule has 0 bridgehead atoms. The molecule has 2 aromatic heterocycles. The number of aromatic amines is 1. The van der Waals surface area contributed by atoms with Crippen LogP contribution >= 0.6 is 11.3 Å². The van der Waals surface area contributed by atoms with Gasteiger partial charge in [0.1, 0.15) is 10.6 Å². The van der Waals surface area contributed by atoms with Crippen molar-refractivity contribution in [3.63, 3.8) is 0 Å². The van der Waals surface area contributed by atoms with Crippen molar-refractivity contribution in [2.24, 2.45) is 0 Å². The minimum absolute atomic E-state index is 0.0117. The van der Waals surface area contributed by atoms with E-state index in [1.807, 2.05) is 0 Å². The lowest BCUT2D eigenvalue weighted by molar-refractivity contribution is 0.0690. The molecule has 0 aliphatic carbocycles. The first-order chi connectivity index (χ1) is 9.75. The molecule has 0 aliphatic heterocycles. The molecule has 114 valence electrons. The Morgan fingerprint density at radius 1 is 1.48 bits per heavy atom. The monoisotopic (exact) mass is 329 g/mol. The van der Waals surface area contributed by atoms with Gasteiger partial charge < -0.3 is 10.1 Å². The number of nitrogens with zero attached hydrogens (tertiary/aromatic N) is 2. The van der Waals surface area contributed by atoms with E-state index in [9.17, 15) is 13.2 Å². The summed E-state index contributed by atoms with van der Waals surface area (Å²) in [5.41, 5.74) is 2.70. The summed E-state index contributed by atoms with van der Waals surface area (Å²) >= 11 is 1.39. The fourth-order valence-corrected chi connectivity index (χ4v) is 4.21. The number of sulfonamides is 1. The molecular formula is C12H15N3O4S2. The van der Waals surface area contributed by atoms with Gasteiger partial charge in [0.05, 0.1) is 17.7 Å². The second-order valence-corrected chi connectivity index (χ2v) is 7.33. The zero-order valence-corrected chi connectivity index (χ0v) is 13.4. The Bertz CT molecular complexity index is 763. The number of aromatic carboxylic acids is 1. The van der Waals surface area contributed by atoms with Crippen LogP contribution in [0.15, 0.2) is 15.8 Å². The molecule has 0 aliphatic rings. The van der Waals surface area contributed by atoms with Gasteiger partial charge in [-0.3, -0.25) is 0 Å². The topological polar surface area (TPSA) is 103 Å². The van der Waals surface area contributed by atoms with Crippen LogP contribution in [-0.4, -0.2) is 40.8 Å². The van der Waals surface area contributed by atoms with E-state index in [0.29, 0.717) is 11.4 Å². The predicted molar refractivity (Wildman–Crippen MR) is 78.0 cm³/mol. The maximum absolute atomic E-state index is 12.6. The molecule has 0 unspecified atom stereocenters. The fourth-order valence-electron chi connectivity index (χ4n) is 2.12.